The van der Waals surface area contributed by atoms with Crippen LogP contribution in [0.2, 0.25) is 0 Å². The summed E-state index contributed by atoms with van der Waals surface area (Å²) >= 11 is 0. The number of amides is 1. The number of rotatable bonds is 4. The maximum Gasteiger partial charge on any atom is 0.232 e. The number of nitrogens with zero attached hydrogens (tertiary/aromatic N) is 3. The second kappa shape index (κ2) is 5.98. The highest BCUT2D eigenvalue weighted by Gasteiger charge is 2.35. The number of carbonyl (C=O) groups excluding carboxylic acids is 1. The van der Waals surface area contributed by atoms with Gasteiger partial charge in [-0.05, 0) is 12.1 Å². The minimum Gasteiger partial charge on any atom is -0.494 e. The molecule has 7 heteroatoms. The maximum absolute atomic E-state index is 13.8. The van der Waals surface area contributed by atoms with Crippen molar-refractivity contribution in [2.75, 3.05) is 18.6 Å². The lowest BCUT2D eigenvalue weighted by atomic mass is 10.1. The Morgan fingerprint density at radius 1 is 1.43 bits per heavy atom. The molecule has 1 unspecified atom stereocenters. The molecular formula is C16H18FN3O3. The molecule has 1 saturated heterocycles. The molecule has 1 aliphatic rings. The fourth-order valence-corrected chi connectivity index (χ4v) is 2.59. The van der Waals surface area contributed by atoms with Crippen LogP contribution >= 0.6 is 0 Å². The van der Waals surface area contributed by atoms with Gasteiger partial charge in [0.2, 0.25) is 11.8 Å². The quantitative estimate of drug-likeness (QED) is 0.867. The van der Waals surface area contributed by atoms with Crippen molar-refractivity contribution >= 4 is 11.6 Å². The van der Waals surface area contributed by atoms with E-state index in [4.69, 9.17) is 9.26 Å². The van der Waals surface area contributed by atoms with Gasteiger partial charge in [-0.25, -0.2) is 4.39 Å². The van der Waals surface area contributed by atoms with Gasteiger partial charge in [-0.2, -0.15) is 4.98 Å². The number of methoxy groups -OCH3 is 1. The first-order valence-corrected chi connectivity index (χ1v) is 7.47. The van der Waals surface area contributed by atoms with E-state index in [2.05, 4.69) is 10.1 Å². The average molecular weight is 319 g/mol. The molecule has 1 aromatic heterocycles. The third-order valence-electron chi connectivity index (χ3n) is 3.90. The van der Waals surface area contributed by atoms with Gasteiger partial charge in [-0.3, -0.25) is 4.79 Å². The number of hydrogen-bond donors (Lipinski definition) is 0. The summed E-state index contributed by atoms with van der Waals surface area (Å²) in [4.78, 5) is 18.1. The van der Waals surface area contributed by atoms with Crippen LogP contribution in [0.5, 0.6) is 5.75 Å². The molecule has 3 rings (SSSR count). The standard InChI is InChI=1S/C16H18FN3O3/c1-9(2)15-18-16(23-19-15)10-6-14(21)20(8-10)11-4-5-13(22-3)12(17)7-11/h4-5,7,9-10H,6,8H2,1-3H3. The zero-order valence-corrected chi connectivity index (χ0v) is 13.2. The highest BCUT2D eigenvalue weighted by atomic mass is 19.1. The largest absolute Gasteiger partial charge is 0.494 e. The van der Waals surface area contributed by atoms with Gasteiger partial charge >= 0.3 is 0 Å². The summed E-state index contributed by atoms with van der Waals surface area (Å²) in [5.41, 5.74) is 0.499. The molecule has 0 spiro atoms. The van der Waals surface area contributed by atoms with E-state index in [1.54, 1.807) is 6.07 Å². The Hall–Kier alpha value is -2.44. The first kappa shape index (κ1) is 15.5. The van der Waals surface area contributed by atoms with Gasteiger partial charge in [0.05, 0.1) is 13.0 Å². The van der Waals surface area contributed by atoms with Gasteiger partial charge in [0.25, 0.3) is 0 Å². The van der Waals surface area contributed by atoms with Crippen molar-refractivity contribution in [3.8, 4) is 5.75 Å². The highest BCUT2D eigenvalue weighted by Crippen LogP contribution is 2.33. The van der Waals surface area contributed by atoms with E-state index in [-0.39, 0.29) is 29.9 Å². The van der Waals surface area contributed by atoms with Gasteiger partial charge in [-0.1, -0.05) is 19.0 Å². The monoisotopic (exact) mass is 319 g/mol. The molecule has 122 valence electrons. The van der Waals surface area contributed by atoms with Gasteiger partial charge in [0.1, 0.15) is 0 Å². The summed E-state index contributed by atoms with van der Waals surface area (Å²) in [5.74, 6) is 0.629. The molecule has 0 aliphatic carbocycles. The molecule has 2 heterocycles. The molecule has 1 aromatic carbocycles. The van der Waals surface area contributed by atoms with Gasteiger partial charge in [-0.15, -0.1) is 0 Å². The van der Waals surface area contributed by atoms with Crippen molar-refractivity contribution in [2.45, 2.75) is 32.1 Å². The predicted octanol–water partition coefficient (Wildman–Crippen LogP) is 2.86. The van der Waals surface area contributed by atoms with Crippen LogP contribution in [0.4, 0.5) is 10.1 Å². The van der Waals surface area contributed by atoms with E-state index in [0.717, 1.165) is 0 Å². The van der Waals surface area contributed by atoms with Crippen molar-refractivity contribution in [3.63, 3.8) is 0 Å². The maximum atomic E-state index is 13.8. The lowest BCUT2D eigenvalue weighted by Gasteiger charge is -2.16. The fraction of sp³-hybridized carbons (Fsp3) is 0.438. The normalized spacial score (nSPS) is 18.0. The van der Waals surface area contributed by atoms with Crippen molar-refractivity contribution in [3.05, 3.63) is 35.7 Å². The predicted molar refractivity (Wildman–Crippen MR) is 81.1 cm³/mol. The Bertz CT molecular complexity index is 729. The molecule has 2 aromatic rings. The molecule has 0 saturated carbocycles. The van der Waals surface area contributed by atoms with Crippen LogP contribution in [-0.4, -0.2) is 29.7 Å². The minimum absolute atomic E-state index is 0.0936. The number of ether oxygens (including phenoxy) is 1. The number of halogens is 1. The molecule has 1 amide bonds. The van der Waals surface area contributed by atoms with E-state index in [0.29, 0.717) is 23.9 Å². The number of benzene rings is 1. The van der Waals surface area contributed by atoms with Gasteiger partial charge in [0, 0.05) is 30.6 Å². The highest BCUT2D eigenvalue weighted by molar-refractivity contribution is 5.96. The summed E-state index contributed by atoms with van der Waals surface area (Å²) in [5, 5.41) is 3.93. The van der Waals surface area contributed by atoms with Gasteiger partial charge in [0.15, 0.2) is 17.4 Å². The molecular weight excluding hydrogens is 301 g/mol. The molecule has 0 bridgehead atoms. The summed E-state index contributed by atoms with van der Waals surface area (Å²) in [7, 11) is 1.40. The SMILES string of the molecule is COc1ccc(N2CC(c3nc(C(C)C)no3)CC2=O)cc1F. The molecule has 1 atom stereocenters. The molecule has 0 N–H and O–H groups in total. The molecule has 0 radical (unpaired) electrons. The van der Waals surface area contributed by atoms with E-state index < -0.39 is 5.82 Å². The first-order valence-electron chi connectivity index (χ1n) is 7.47. The minimum atomic E-state index is -0.499. The smallest absolute Gasteiger partial charge is 0.232 e. The summed E-state index contributed by atoms with van der Waals surface area (Å²) < 4.78 is 24.0. The second-order valence-electron chi connectivity index (χ2n) is 5.87. The number of aromatic nitrogens is 2. The van der Waals surface area contributed by atoms with Crippen LogP contribution in [0.3, 0.4) is 0 Å². The summed E-state index contributed by atoms with van der Waals surface area (Å²) in [6.45, 7) is 4.34. The van der Waals surface area contributed by atoms with Gasteiger partial charge < -0.3 is 14.2 Å². The number of anilines is 1. The zero-order valence-electron chi connectivity index (χ0n) is 13.2. The second-order valence-corrected chi connectivity index (χ2v) is 5.87. The summed E-state index contributed by atoms with van der Waals surface area (Å²) in [6.07, 6.45) is 0.271. The Morgan fingerprint density at radius 2 is 2.22 bits per heavy atom. The van der Waals surface area contributed by atoms with E-state index >= 15 is 0 Å². The van der Waals surface area contributed by atoms with Crippen LogP contribution in [0.1, 0.15) is 43.8 Å². The van der Waals surface area contributed by atoms with E-state index in [1.807, 2.05) is 13.8 Å². The summed E-state index contributed by atoms with van der Waals surface area (Å²) in [6, 6.07) is 4.47. The lowest BCUT2D eigenvalue weighted by molar-refractivity contribution is -0.117. The molecule has 1 fully saturated rings. The van der Waals surface area contributed by atoms with Crippen molar-refractivity contribution in [2.24, 2.45) is 0 Å². The first-order chi connectivity index (χ1) is 11.0. The van der Waals surface area contributed by atoms with Crippen LogP contribution in [0.15, 0.2) is 22.7 Å². The van der Waals surface area contributed by atoms with Crippen molar-refractivity contribution < 1.29 is 18.4 Å². The van der Waals surface area contributed by atoms with Crippen molar-refractivity contribution in [1.29, 1.82) is 0 Å². The lowest BCUT2D eigenvalue weighted by Crippen LogP contribution is -2.24. The number of carbonyl (C=O) groups is 1. The average Bonchev–Trinajstić information content (AvgIpc) is 3.13. The third-order valence-corrected chi connectivity index (χ3v) is 3.90. The Labute approximate surface area is 133 Å². The van der Waals surface area contributed by atoms with E-state index in [1.165, 1.54) is 24.1 Å². The molecule has 6 nitrogen and oxygen atoms in total. The van der Waals surface area contributed by atoms with Crippen LogP contribution in [0.25, 0.3) is 0 Å². The Balaban J connectivity index is 1.80. The Morgan fingerprint density at radius 3 is 2.83 bits per heavy atom. The van der Waals surface area contributed by atoms with Crippen LogP contribution in [-0.2, 0) is 4.79 Å². The topological polar surface area (TPSA) is 68.5 Å². The number of hydrogen-bond acceptors (Lipinski definition) is 5. The van der Waals surface area contributed by atoms with Crippen LogP contribution < -0.4 is 9.64 Å². The Kier molecular flexibility index (Phi) is 4.02. The fourth-order valence-electron chi connectivity index (χ4n) is 2.59. The van der Waals surface area contributed by atoms with Crippen molar-refractivity contribution in [1.82, 2.24) is 10.1 Å². The molecule has 1 aliphatic heterocycles. The molecule has 23 heavy (non-hydrogen) atoms. The zero-order chi connectivity index (χ0) is 16.6. The van der Waals surface area contributed by atoms with E-state index in [9.17, 15) is 9.18 Å². The van der Waals surface area contributed by atoms with Crippen LogP contribution in [0, 0.1) is 5.82 Å². The third kappa shape index (κ3) is 2.91.